The number of amides is 1. The average molecular weight is 356 g/mol. The Kier molecular flexibility index (Phi) is 7.74. The molecule has 1 aromatic heterocycles. The molecule has 1 amide bonds. The summed E-state index contributed by atoms with van der Waals surface area (Å²) in [5.41, 5.74) is 2.05. The predicted octanol–water partition coefficient (Wildman–Crippen LogP) is 3.02. The maximum absolute atomic E-state index is 12.0. The fourth-order valence-electron chi connectivity index (χ4n) is 2.51. The second-order valence-electron chi connectivity index (χ2n) is 6.08. The first-order valence-corrected chi connectivity index (χ1v) is 9.04. The second-order valence-corrected chi connectivity index (χ2v) is 6.08. The van der Waals surface area contributed by atoms with Gasteiger partial charge >= 0.3 is 0 Å². The summed E-state index contributed by atoms with van der Waals surface area (Å²) < 4.78 is 5.18. The molecule has 0 saturated heterocycles. The molecule has 3 N–H and O–H groups in total. The van der Waals surface area contributed by atoms with Crippen LogP contribution >= 0.6 is 0 Å². The van der Waals surface area contributed by atoms with E-state index >= 15 is 0 Å². The number of hydrogen-bond donors (Lipinski definition) is 3. The Morgan fingerprint density at radius 2 is 1.96 bits per heavy atom. The van der Waals surface area contributed by atoms with Gasteiger partial charge in [0, 0.05) is 25.2 Å². The second kappa shape index (κ2) is 10.3. The Hall–Kier alpha value is -2.76. The van der Waals surface area contributed by atoms with E-state index in [4.69, 9.17) is 4.42 Å². The van der Waals surface area contributed by atoms with Crippen molar-refractivity contribution in [2.75, 3.05) is 19.6 Å². The molecule has 0 aliphatic heterocycles. The molecule has 0 spiro atoms. The van der Waals surface area contributed by atoms with E-state index in [1.54, 1.807) is 6.07 Å². The lowest BCUT2D eigenvalue weighted by Gasteiger charge is -2.18. The SMILES string of the molecule is CCNC(=NCCCNC(=O)c1occc1C)NC(C)c1ccccc1. The maximum Gasteiger partial charge on any atom is 0.287 e. The molecule has 26 heavy (non-hydrogen) atoms. The molecule has 1 heterocycles. The zero-order valence-corrected chi connectivity index (χ0v) is 15.7. The summed E-state index contributed by atoms with van der Waals surface area (Å²) >= 11 is 0. The van der Waals surface area contributed by atoms with E-state index in [1.165, 1.54) is 11.8 Å². The Morgan fingerprint density at radius 1 is 1.19 bits per heavy atom. The van der Waals surface area contributed by atoms with E-state index in [-0.39, 0.29) is 11.9 Å². The summed E-state index contributed by atoms with van der Waals surface area (Å²) in [6.07, 6.45) is 2.28. The number of hydrogen-bond acceptors (Lipinski definition) is 3. The van der Waals surface area contributed by atoms with Gasteiger partial charge in [-0.15, -0.1) is 0 Å². The fourth-order valence-corrected chi connectivity index (χ4v) is 2.51. The minimum absolute atomic E-state index is 0.163. The van der Waals surface area contributed by atoms with Crippen LogP contribution in [0.25, 0.3) is 0 Å². The lowest BCUT2D eigenvalue weighted by molar-refractivity contribution is 0.0925. The highest BCUT2D eigenvalue weighted by molar-refractivity contribution is 5.92. The van der Waals surface area contributed by atoms with Crippen molar-refractivity contribution in [1.82, 2.24) is 16.0 Å². The van der Waals surface area contributed by atoms with Crippen molar-refractivity contribution >= 4 is 11.9 Å². The van der Waals surface area contributed by atoms with Gasteiger partial charge in [-0.25, -0.2) is 0 Å². The van der Waals surface area contributed by atoms with Crippen molar-refractivity contribution in [3.63, 3.8) is 0 Å². The van der Waals surface area contributed by atoms with Gasteiger partial charge in [-0.1, -0.05) is 30.3 Å². The molecule has 1 aromatic carbocycles. The van der Waals surface area contributed by atoms with E-state index in [1.807, 2.05) is 32.0 Å². The molecule has 140 valence electrons. The molecule has 6 nitrogen and oxygen atoms in total. The van der Waals surface area contributed by atoms with Crippen molar-refractivity contribution in [1.29, 1.82) is 0 Å². The summed E-state index contributed by atoms with van der Waals surface area (Å²) in [5, 5.41) is 9.51. The van der Waals surface area contributed by atoms with E-state index in [2.05, 4.69) is 40.0 Å². The van der Waals surface area contributed by atoms with Crippen molar-refractivity contribution in [3.8, 4) is 0 Å². The predicted molar refractivity (Wildman–Crippen MR) is 104 cm³/mol. The number of carbonyl (C=O) groups excluding carboxylic acids is 1. The van der Waals surface area contributed by atoms with Crippen LogP contribution in [-0.4, -0.2) is 31.5 Å². The van der Waals surface area contributed by atoms with Crippen LogP contribution in [0.1, 0.15) is 48.0 Å². The van der Waals surface area contributed by atoms with Gasteiger partial charge in [0.1, 0.15) is 0 Å². The van der Waals surface area contributed by atoms with Gasteiger partial charge in [0.2, 0.25) is 0 Å². The zero-order chi connectivity index (χ0) is 18.8. The molecule has 6 heteroatoms. The average Bonchev–Trinajstić information content (AvgIpc) is 3.08. The highest BCUT2D eigenvalue weighted by atomic mass is 16.3. The zero-order valence-electron chi connectivity index (χ0n) is 15.7. The van der Waals surface area contributed by atoms with Crippen LogP contribution in [0.4, 0.5) is 0 Å². The van der Waals surface area contributed by atoms with Gasteiger partial charge < -0.3 is 20.4 Å². The maximum atomic E-state index is 12.0. The highest BCUT2D eigenvalue weighted by Gasteiger charge is 2.11. The smallest absolute Gasteiger partial charge is 0.287 e. The number of carbonyl (C=O) groups is 1. The molecule has 1 unspecified atom stereocenters. The van der Waals surface area contributed by atoms with Gasteiger partial charge in [0.05, 0.1) is 12.3 Å². The number of furan rings is 1. The standard InChI is InChI=1S/C20H28N4O2/c1-4-21-20(24-16(3)17-9-6-5-7-10-17)23-13-8-12-22-19(25)18-15(2)11-14-26-18/h5-7,9-11,14,16H,4,8,12-13H2,1-3H3,(H,22,25)(H2,21,23,24). The molecular weight excluding hydrogens is 328 g/mol. The van der Waals surface area contributed by atoms with Gasteiger partial charge in [-0.2, -0.15) is 0 Å². The first-order chi connectivity index (χ1) is 12.6. The lowest BCUT2D eigenvalue weighted by atomic mass is 10.1. The van der Waals surface area contributed by atoms with E-state index in [0.717, 1.165) is 24.5 Å². The number of nitrogens with one attached hydrogen (secondary N) is 3. The van der Waals surface area contributed by atoms with Crippen molar-refractivity contribution in [2.24, 2.45) is 4.99 Å². The minimum Gasteiger partial charge on any atom is -0.459 e. The lowest BCUT2D eigenvalue weighted by Crippen LogP contribution is -2.39. The number of aryl methyl sites for hydroxylation is 1. The van der Waals surface area contributed by atoms with Crippen LogP contribution in [-0.2, 0) is 0 Å². The summed E-state index contributed by atoms with van der Waals surface area (Å²) in [5.74, 6) is 0.969. The molecule has 2 rings (SSSR count). The third kappa shape index (κ3) is 5.95. The normalized spacial score (nSPS) is 12.5. The summed E-state index contributed by atoms with van der Waals surface area (Å²) in [7, 11) is 0. The minimum atomic E-state index is -0.181. The van der Waals surface area contributed by atoms with E-state index in [0.29, 0.717) is 18.8 Å². The molecule has 0 saturated carbocycles. The molecule has 2 aromatic rings. The van der Waals surface area contributed by atoms with Crippen LogP contribution in [0, 0.1) is 6.92 Å². The molecular formula is C20H28N4O2. The van der Waals surface area contributed by atoms with Crippen LogP contribution in [0.15, 0.2) is 52.1 Å². The summed E-state index contributed by atoms with van der Waals surface area (Å²) in [6.45, 7) is 7.96. The van der Waals surface area contributed by atoms with Gasteiger partial charge in [0.25, 0.3) is 5.91 Å². The Bertz CT molecular complexity index is 710. The number of guanidine groups is 1. The topological polar surface area (TPSA) is 78.7 Å². The Labute approximate surface area is 155 Å². The van der Waals surface area contributed by atoms with Crippen molar-refractivity contribution in [2.45, 2.75) is 33.2 Å². The van der Waals surface area contributed by atoms with Gasteiger partial charge in [0.15, 0.2) is 11.7 Å². The largest absolute Gasteiger partial charge is 0.459 e. The van der Waals surface area contributed by atoms with Crippen molar-refractivity contribution in [3.05, 3.63) is 59.5 Å². The van der Waals surface area contributed by atoms with Gasteiger partial charge in [-0.3, -0.25) is 9.79 Å². The third-order valence-electron chi connectivity index (χ3n) is 3.96. The first-order valence-electron chi connectivity index (χ1n) is 9.04. The third-order valence-corrected chi connectivity index (χ3v) is 3.96. The first kappa shape index (κ1) is 19.6. The molecule has 0 aliphatic carbocycles. The molecule has 0 fully saturated rings. The number of aliphatic imine (C=N–C) groups is 1. The Balaban J connectivity index is 1.78. The quantitative estimate of drug-likeness (QED) is 0.386. The molecule has 0 aliphatic rings. The van der Waals surface area contributed by atoms with Gasteiger partial charge in [-0.05, 0) is 38.8 Å². The fraction of sp³-hybridized carbons (Fsp3) is 0.400. The number of benzene rings is 1. The monoisotopic (exact) mass is 356 g/mol. The molecule has 1 atom stereocenters. The van der Waals surface area contributed by atoms with Crippen LogP contribution < -0.4 is 16.0 Å². The summed E-state index contributed by atoms with van der Waals surface area (Å²) in [4.78, 5) is 16.5. The van der Waals surface area contributed by atoms with Crippen molar-refractivity contribution < 1.29 is 9.21 Å². The van der Waals surface area contributed by atoms with Crippen LogP contribution in [0.3, 0.4) is 0 Å². The number of rotatable bonds is 8. The van der Waals surface area contributed by atoms with E-state index in [9.17, 15) is 4.79 Å². The highest BCUT2D eigenvalue weighted by Crippen LogP contribution is 2.10. The van der Waals surface area contributed by atoms with Crippen LogP contribution in [0.5, 0.6) is 0 Å². The Morgan fingerprint density at radius 3 is 2.62 bits per heavy atom. The number of nitrogens with zero attached hydrogens (tertiary/aromatic N) is 1. The molecule has 0 radical (unpaired) electrons. The molecule has 0 bridgehead atoms. The van der Waals surface area contributed by atoms with E-state index < -0.39 is 0 Å². The van der Waals surface area contributed by atoms with Crippen LogP contribution in [0.2, 0.25) is 0 Å². The summed E-state index contributed by atoms with van der Waals surface area (Å²) in [6, 6.07) is 12.2.